The molecule has 0 bridgehead atoms. The van der Waals surface area contributed by atoms with Gasteiger partial charge < -0.3 is 20.9 Å². The van der Waals surface area contributed by atoms with Crippen LogP contribution in [0.5, 0.6) is 0 Å². The van der Waals surface area contributed by atoms with Crippen LogP contribution in [0, 0.1) is 0 Å². The summed E-state index contributed by atoms with van der Waals surface area (Å²) in [6.07, 6.45) is 5.42. The molecule has 25 heavy (non-hydrogen) atoms. The summed E-state index contributed by atoms with van der Waals surface area (Å²) in [5.74, 6) is -0.712. The molecule has 7 nitrogen and oxygen atoms in total. The van der Waals surface area contributed by atoms with E-state index in [0.717, 1.165) is 61.5 Å². The molecule has 0 aromatic carbocycles. The van der Waals surface area contributed by atoms with Crippen LogP contribution in [0.4, 0.5) is 0 Å². The summed E-state index contributed by atoms with van der Waals surface area (Å²) in [4.78, 5) is 28.1. The highest BCUT2D eigenvalue weighted by atomic mass is 32.1. The van der Waals surface area contributed by atoms with Crippen LogP contribution >= 0.6 is 11.3 Å². The van der Waals surface area contributed by atoms with Gasteiger partial charge in [-0.05, 0) is 57.5 Å². The number of thiazole rings is 1. The van der Waals surface area contributed by atoms with Crippen LogP contribution in [-0.2, 0) is 9.53 Å². The molecule has 1 aliphatic heterocycles. The summed E-state index contributed by atoms with van der Waals surface area (Å²) >= 11 is 1.65. The number of carbonyl (C=O) groups excluding carboxylic acids is 1. The fourth-order valence-corrected chi connectivity index (χ4v) is 5.14. The molecule has 1 aromatic heterocycles. The average Bonchev–Trinajstić information content (AvgIpc) is 3.07. The van der Waals surface area contributed by atoms with Gasteiger partial charge in [-0.25, -0.2) is 9.78 Å². The SMILES string of the molecule is NC(=O)c1nc(C2CCNCC2)sc1[C@H]1CC[C@H](OCC(=O)O)CC1. The number of ether oxygens (including phenoxy) is 1. The van der Waals surface area contributed by atoms with Crippen molar-refractivity contribution in [3.8, 4) is 0 Å². The number of piperidine rings is 1. The topological polar surface area (TPSA) is 115 Å². The van der Waals surface area contributed by atoms with E-state index in [-0.39, 0.29) is 18.6 Å². The smallest absolute Gasteiger partial charge is 0.329 e. The number of hydrogen-bond donors (Lipinski definition) is 3. The molecule has 3 rings (SSSR count). The first kappa shape index (κ1) is 18.3. The highest BCUT2D eigenvalue weighted by Gasteiger charge is 2.30. The monoisotopic (exact) mass is 367 g/mol. The third-order valence-corrected chi connectivity index (χ3v) is 6.46. The van der Waals surface area contributed by atoms with Crippen LogP contribution in [-0.4, -0.2) is 47.8 Å². The zero-order valence-electron chi connectivity index (χ0n) is 14.2. The van der Waals surface area contributed by atoms with E-state index in [1.54, 1.807) is 11.3 Å². The van der Waals surface area contributed by atoms with Gasteiger partial charge in [0, 0.05) is 10.8 Å². The van der Waals surface area contributed by atoms with Crippen LogP contribution in [0.25, 0.3) is 0 Å². The lowest BCUT2D eigenvalue weighted by Gasteiger charge is -2.27. The summed E-state index contributed by atoms with van der Waals surface area (Å²) in [6.45, 7) is 1.72. The van der Waals surface area contributed by atoms with Gasteiger partial charge in [0.05, 0.1) is 11.1 Å². The Bertz CT molecular complexity index is 619. The molecule has 138 valence electrons. The molecule has 1 aliphatic carbocycles. The number of primary amides is 1. The lowest BCUT2D eigenvalue weighted by atomic mass is 9.85. The van der Waals surface area contributed by atoms with Crippen LogP contribution in [0.15, 0.2) is 0 Å². The first-order valence-corrected chi connectivity index (χ1v) is 9.70. The van der Waals surface area contributed by atoms with Crippen LogP contribution in [0.1, 0.15) is 70.7 Å². The van der Waals surface area contributed by atoms with E-state index in [9.17, 15) is 9.59 Å². The van der Waals surface area contributed by atoms with Gasteiger partial charge in [-0.1, -0.05) is 0 Å². The van der Waals surface area contributed by atoms with E-state index in [4.69, 9.17) is 15.6 Å². The lowest BCUT2D eigenvalue weighted by Crippen LogP contribution is -2.26. The Morgan fingerprint density at radius 1 is 1.16 bits per heavy atom. The van der Waals surface area contributed by atoms with Crippen LogP contribution in [0.3, 0.4) is 0 Å². The van der Waals surface area contributed by atoms with Crippen molar-refractivity contribution in [2.75, 3.05) is 19.7 Å². The molecule has 2 heterocycles. The fraction of sp³-hybridized carbons (Fsp3) is 0.706. The quantitative estimate of drug-likeness (QED) is 0.707. The zero-order valence-corrected chi connectivity index (χ0v) is 15.0. The number of nitrogens with zero attached hydrogens (tertiary/aromatic N) is 1. The Labute approximate surface area is 151 Å². The molecular weight excluding hydrogens is 342 g/mol. The van der Waals surface area contributed by atoms with E-state index in [0.29, 0.717) is 11.6 Å². The maximum atomic E-state index is 11.9. The normalized spacial score (nSPS) is 25.0. The number of aliphatic carboxylic acids is 1. The molecule has 1 saturated carbocycles. The van der Waals surface area contributed by atoms with Crippen molar-refractivity contribution in [3.05, 3.63) is 15.6 Å². The summed E-state index contributed by atoms with van der Waals surface area (Å²) in [6, 6.07) is 0. The van der Waals surface area contributed by atoms with Crippen molar-refractivity contribution in [1.82, 2.24) is 10.3 Å². The first-order chi connectivity index (χ1) is 12.0. The van der Waals surface area contributed by atoms with Crippen molar-refractivity contribution in [2.24, 2.45) is 5.73 Å². The van der Waals surface area contributed by atoms with Crippen LogP contribution < -0.4 is 11.1 Å². The van der Waals surface area contributed by atoms with Gasteiger partial charge >= 0.3 is 5.97 Å². The standard InChI is InChI=1S/C17H25N3O4S/c18-16(23)14-15(25-17(20-14)11-5-7-19-8-6-11)10-1-3-12(4-2-10)24-9-13(21)22/h10-12,19H,1-9H2,(H2,18,23)(H,21,22)/t10-,12-. The third-order valence-electron chi connectivity index (χ3n) is 5.08. The Morgan fingerprint density at radius 3 is 2.44 bits per heavy atom. The lowest BCUT2D eigenvalue weighted by molar-refractivity contribution is -0.145. The van der Waals surface area contributed by atoms with Crippen LogP contribution in [0.2, 0.25) is 0 Å². The Kier molecular flexibility index (Phi) is 6.03. The Hall–Kier alpha value is -1.51. The molecule has 0 spiro atoms. The summed E-state index contributed by atoms with van der Waals surface area (Å²) in [7, 11) is 0. The Morgan fingerprint density at radius 2 is 1.84 bits per heavy atom. The summed E-state index contributed by atoms with van der Waals surface area (Å²) in [5.41, 5.74) is 6.01. The van der Waals surface area contributed by atoms with Crippen molar-refractivity contribution in [2.45, 2.75) is 56.5 Å². The summed E-state index contributed by atoms with van der Waals surface area (Å²) < 4.78 is 5.40. The minimum atomic E-state index is -0.938. The van der Waals surface area contributed by atoms with Gasteiger partial charge in [0.25, 0.3) is 5.91 Å². The second-order valence-corrected chi connectivity index (χ2v) is 7.89. The zero-order chi connectivity index (χ0) is 17.8. The number of hydrogen-bond acceptors (Lipinski definition) is 6. The number of carboxylic acids is 1. The molecule has 2 fully saturated rings. The molecule has 2 aliphatic rings. The third kappa shape index (κ3) is 4.56. The van der Waals surface area contributed by atoms with Crippen molar-refractivity contribution >= 4 is 23.2 Å². The van der Waals surface area contributed by atoms with Gasteiger partial charge in [-0.3, -0.25) is 4.79 Å². The molecular formula is C17H25N3O4S. The first-order valence-electron chi connectivity index (χ1n) is 8.89. The predicted octanol–water partition coefficient (Wildman–Crippen LogP) is 1.84. The second kappa shape index (κ2) is 8.25. The van der Waals surface area contributed by atoms with Crippen molar-refractivity contribution < 1.29 is 19.4 Å². The minimum Gasteiger partial charge on any atom is -0.480 e. The summed E-state index contributed by atoms with van der Waals surface area (Å²) in [5, 5.41) is 13.1. The highest BCUT2D eigenvalue weighted by Crippen LogP contribution is 2.41. The highest BCUT2D eigenvalue weighted by molar-refractivity contribution is 7.12. The number of carbonyl (C=O) groups is 2. The van der Waals surface area contributed by atoms with E-state index in [1.165, 1.54) is 0 Å². The van der Waals surface area contributed by atoms with E-state index >= 15 is 0 Å². The maximum absolute atomic E-state index is 11.9. The van der Waals surface area contributed by atoms with Gasteiger partial charge in [0.2, 0.25) is 0 Å². The van der Waals surface area contributed by atoms with Gasteiger partial charge in [-0.2, -0.15) is 0 Å². The molecule has 0 unspecified atom stereocenters. The number of aromatic nitrogens is 1. The number of nitrogens with two attached hydrogens (primary N) is 1. The minimum absolute atomic E-state index is 0.0128. The van der Waals surface area contributed by atoms with Crippen molar-refractivity contribution in [1.29, 1.82) is 0 Å². The van der Waals surface area contributed by atoms with Gasteiger partial charge in [0.15, 0.2) is 0 Å². The van der Waals surface area contributed by atoms with E-state index in [2.05, 4.69) is 10.3 Å². The number of nitrogens with one attached hydrogen (secondary N) is 1. The number of rotatable bonds is 6. The van der Waals surface area contributed by atoms with E-state index < -0.39 is 11.9 Å². The van der Waals surface area contributed by atoms with Gasteiger partial charge in [0.1, 0.15) is 12.3 Å². The molecule has 0 radical (unpaired) electrons. The van der Waals surface area contributed by atoms with E-state index in [1.807, 2.05) is 0 Å². The molecule has 1 saturated heterocycles. The molecule has 8 heteroatoms. The number of amides is 1. The van der Waals surface area contributed by atoms with Gasteiger partial charge in [-0.15, -0.1) is 11.3 Å². The number of carboxylic acid groups (broad SMARTS) is 1. The molecule has 0 atom stereocenters. The fourth-order valence-electron chi connectivity index (χ4n) is 3.73. The Balaban J connectivity index is 1.68. The molecule has 1 aromatic rings. The maximum Gasteiger partial charge on any atom is 0.329 e. The second-order valence-electron chi connectivity index (χ2n) is 6.83. The average molecular weight is 367 g/mol. The molecule has 1 amide bonds. The molecule has 4 N–H and O–H groups in total. The predicted molar refractivity (Wildman–Crippen MR) is 94.1 cm³/mol. The van der Waals surface area contributed by atoms with Crippen molar-refractivity contribution in [3.63, 3.8) is 0 Å². The largest absolute Gasteiger partial charge is 0.480 e.